The predicted molar refractivity (Wildman–Crippen MR) is 97.6 cm³/mol. The molecule has 2 aromatic carbocycles. The number of nitriles is 1. The Hall–Kier alpha value is -3.99. The van der Waals surface area contributed by atoms with Gasteiger partial charge in [-0.2, -0.15) is 5.26 Å². The maximum atomic E-state index is 12.0. The van der Waals surface area contributed by atoms with Gasteiger partial charge in [-0.1, -0.05) is 18.2 Å². The number of carbonyl (C=O) groups excluding carboxylic acids is 2. The molecule has 0 aromatic heterocycles. The van der Waals surface area contributed by atoms with Crippen LogP contribution in [0.15, 0.2) is 48.0 Å². The molecule has 2 N–H and O–H groups in total. The van der Waals surface area contributed by atoms with E-state index in [4.69, 9.17) is 19.5 Å². The Morgan fingerprint density at radius 1 is 1.07 bits per heavy atom. The Morgan fingerprint density at radius 2 is 1.79 bits per heavy atom. The quantitative estimate of drug-likeness (QED) is 0.323. The minimum Gasteiger partial charge on any atom is -0.507 e. The summed E-state index contributed by atoms with van der Waals surface area (Å²) in [5, 5.41) is 28.3. The van der Waals surface area contributed by atoms with Crippen LogP contribution in [0.3, 0.4) is 0 Å². The molecule has 28 heavy (non-hydrogen) atoms. The molecule has 0 amide bonds. The first-order chi connectivity index (χ1) is 13.5. The smallest absolute Gasteiger partial charge is 0.349 e. The lowest BCUT2D eigenvalue weighted by atomic mass is 10.1. The van der Waals surface area contributed by atoms with Crippen molar-refractivity contribution in [1.82, 2.24) is 0 Å². The lowest BCUT2D eigenvalue weighted by molar-refractivity contribution is -0.139. The Balaban J connectivity index is 1.91. The van der Waals surface area contributed by atoms with Crippen molar-refractivity contribution < 1.29 is 34.0 Å². The number of methoxy groups -OCH3 is 1. The number of esters is 2. The van der Waals surface area contributed by atoms with Gasteiger partial charge in [0.05, 0.1) is 7.11 Å². The maximum Gasteiger partial charge on any atom is 0.349 e. The third kappa shape index (κ3) is 5.25. The van der Waals surface area contributed by atoms with Gasteiger partial charge in [0.15, 0.2) is 11.5 Å². The minimum atomic E-state index is -0.895. The zero-order chi connectivity index (χ0) is 20.5. The molecule has 0 fully saturated rings. The van der Waals surface area contributed by atoms with Crippen molar-refractivity contribution in [3.63, 3.8) is 0 Å². The van der Waals surface area contributed by atoms with Gasteiger partial charge in [0, 0.05) is 0 Å². The van der Waals surface area contributed by atoms with Crippen LogP contribution in [0.5, 0.6) is 17.2 Å². The van der Waals surface area contributed by atoms with E-state index in [1.54, 1.807) is 18.2 Å². The topological polar surface area (TPSA) is 126 Å². The molecule has 2 rings (SSSR count). The Labute approximate surface area is 160 Å². The van der Waals surface area contributed by atoms with Gasteiger partial charge in [-0.3, -0.25) is 0 Å². The van der Waals surface area contributed by atoms with Gasteiger partial charge in [0.2, 0.25) is 0 Å². The number of hydrogen-bond acceptors (Lipinski definition) is 8. The van der Waals surface area contributed by atoms with Crippen LogP contribution in [-0.4, -0.2) is 42.5 Å². The molecule has 0 aliphatic rings. The summed E-state index contributed by atoms with van der Waals surface area (Å²) >= 11 is 0. The summed E-state index contributed by atoms with van der Waals surface area (Å²) < 4.78 is 14.8. The fourth-order valence-electron chi connectivity index (χ4n) is 2.16. The summed E-state index contributed by atoms with van der Waals surface area (Å²) in [5.41, 5.74) is 0.168. The van der Waals surface area contributed by atoms with Crippen molar-refractivity contribution >= 4 is 18.0 Å². The van der Waals surface area contributed by atoms with Gasteiger partial charge >= 0.3 is 11.9 Å². The highest BCUT2D eigenvalue weighted by Crippen LogP contribution is 2.27. The monoisotopic (exact) mass is 383 g/mol. The van der Waals surface area contributed by atoms with E-state index in [0.29, 0.717) is 5.56 Å². The summed E-state index contributed by atoms with van der Waals surface area (Å²) in [6, 6.07) is 11.9. The molecule has 0 unspecified atom stereocenters. The number of phenols is 2. The molecular formula is C20H17NO7. The maximum absolute atomic E-state index is 12.0. The van der Waals surface area contributed by atoms with Gasteiger partial charge in [0.25, 0.3) is 0 Å². The van der Waals surface area contributed by atoms with E-state index in [1.807, 2.05) is 0 Å². The standard InChI is InChI=1S/C20H17NO7/c1-26-18-11-13(6-7-17(18)23)10-14(12-21)19(24)27-8-9-28-20(25)15-4-2-3-5-16(15)22/h2-7,10-11,22-23H,8-9H2,1H3/b14-10+. The van der Waals surface area contributed by atoms with Crippen molar-refractivity contribution in [3.05, 3.63) is 59.2 Å². The summed E-state index contributed by atoms with van der Waals surface area (Å²) in [5.74, 6) is -1.76. The summed E-state index contributed by atoms with van der Waals surface area (Å²) in [4.78, 5) is 23.8. The first-order valence-corrected chi connectivity index (χ1v) is 8.07. The van der Waals surface area contributed by atoms with Crippen LogP contribution in [0.4, 0.5) is 0 Å². The van der Waals surface area contributed by atoms with Gasteiger partial charge in [-0.15, -0.1) is 0 Å². The summed E-state index contributed by atoms with van der Waals surface area (Å²) in [7, 11) is 1.37. The molecule has 0 atom stereocenters. The predicted octanol–water partition coefficient (Wildman–Crippen LogP) is 2.41. The number of carbonyl (C=O) groups is 2. The molecule has 0 heterocycles. The van der Waals surface area contributed by atoms with Gasteiger partial charge in [0.1, 0.15) is 36.2 Å². The van der Waals surface area contributed by atoms with Crippen LogP contribution >= 0.6 is 0 Å². The number of benzene rings is 2. The van der Waals surface area contributed by atoms with Gasteiger partial charge in [-0.05, 0) is 35.9 Å². The number of para-hydroxylation sites is 1. The molecule has 0 aliphatic heterocycles. The highest BCUT2D eigenvalue weighted by Gasteiger charge is 2.14. The molecular weight excluding hydrogens is 366 g/mol. The molecule has 8 heteroatoms. The third-order valence-corrected chi connectivity index (χ3v) is 3.53. The van der Waals surface area contributed by atoms with Crippen molar-refractivity contribution in [2.75, 3.05) is 20.3 Å². The molecule has 0 saturated carbocycles. The molecule has 0 saturated heterocycles. The van der Waals surface area contributed by atoms with Crippen molar-refractivity contribution in [2.24, 2.45) is 0 Å². The fourth-order valence-corrected chi connectivity index (χ4v) is 2.16. The first kappa shape index (κ1) is 20.3. The van der Waals surface area contributed by atoms with Crippen LogP contribution in [0, 0.1) is 11.3 Å². The van der Waals surface area contributed by atoms with Crippen LogP contribution in [0.25, 0.3) is 6.08 Å². The Bertz CT molecular complexity index is 944. The number of hydrogen-bond donors (Lipinski definition) is 2. The average Bonchev–Trinajstić information content (AvgIpc) is 2.70. The highest BCUT2D eigenvalue weighted by molar-refractivity contribution is 5.98. The second-order valence-corrected chi connectivity index (χ2v) is 5.39. The number of nitrogens with zero attached hydrogens (tertiary/aromatic N) is 1. The second-order valence-electron chi connectivity index (χ2n) is 5.39. The van der Waals surface area contributed by atoms with E-state index in [9.17, 15) is 19.8 Å². The van der Waals surface area contributed by atoms with Gasteiger partial charge in [-0.25, -0.2) is 9.59 Å². The molecule has 0 bridgehead atoms. The van der Waals surface area contributed by atoms with Crippen molar-refractivity contribution in [3.8, 4) is 23.3 Å². The van der Waals surface area contributed by atoms with Crippen molar-refractivity contribution in [1.29, 1.82) is 5.26 Å². The SMILES string of the molecule is COc1cc(/C=C(\C#N)C(=O)OCCOC(=O)c2ccccc2O)ccc1O. The zero-order valence-electron chi connectivity index (χ0n) is 14.9. The molecule has 0 aliphatic carbocycles. The number of aromatic hydroxyl groups is 2. The van der Waals surface area contributed by atoms with E-state index in [0.717, 1.165) is 0 Å². The molecule has 144 valence electrons. The van der Waals surface area contributed by atoms with Crippen LogP contribution in [0.1, 0.15) is 15.9 Å². The molecule has 8 nitrogen and oxygen atoms in total. The van der Waals surface area contributed by atoms with E-state index in [-0.39, 0.29) is 41.6 Å². The van der Waals surface area contributed by atoms with E-state index >= 15 is 0 Å². The minimum absolute atomic E-state index is 0.00675. The Morgan fingerprint density at radius 3 is 2.46 bits per heavy atom. The first-order valence-electron chi connectivity index (χ1n) is 8.07. The molecule has 0 radical (unpaired) electrons. The average molecular weight is 383 g/mol. The molecule has 2 aromatic rings. The largest absolute Gasteiger partial charge is 0.507 e. The lowest BCUT2D eigenvalue weighted by Gasteiger charge is -2.07. The second kappa shape index (κ2) is 9.64. The number of ether oxygens (including phenoxy) is 3. The fraction of sp³-hybridized carbons (Fsp3) is 0.150. The Kier molecular flexibility index (Phi) is 6.99. The summed E-state index contributed by atoms with van der Waals surface area (Å²) in [6.45, 7) is -0.513. The highest BCUT2D eigenvalue weighted by atomic mass is 16.6. The van der Waals surface area contributed by atoms with Crippen LogP contribution in [0.2, 0.25) is 0 Å². The van der Waals surface area contributed by atoms with Crippen LogP contribution < -0.4 is 4.74 Å². The zero-order valence-corrected chi connectivity index (χ0v) is 14.9. The van der Waals surface area contributed by atoms with E-state index in [1.165, 1.54) is 43.5 Å². The van der Waals surface area contributed by atoms with Crippen molar-refractivity contribution in [2.45, 2.75) is 0 Å². The van der Waals surface area contributed by atoms with E-state index < -0.39 is 11.9 Å². The summed E-state index contributed by atoms with van der Waals surface area (Å²) in [6.07, 6.45) is 1.28. The lowest BCUT2D eigenvalue weighted by Crippen LogP contribution is -2.15. The normalized spacial score (nSPS) is 10.6. The van der Waals surface area contributed by atoms with Crippen LogP contribution in [-0.2, 0) is 14.3 Å². The number of rotatable bonds is 7. The van der Waals surface area contributed by atoms with E-state index in [2.05, 4.69) is 0 Å². The molecule has 0 spiro atoms. The van der Waals surface area contributed by atoms with Gasteiger partial charge < -0.3 is 24.4 Å². The third-order valence-electron chi connectivity index (χ3n) is 3.53. The number of phenolic OH excluding ortho intramolecular Hbond substituents is 2.